The molecule has 0 radical (unpaired) electrons. The van der Waals surface area contributed by atoms with Crippen LogP contribution in [0.15, 0.2) is 3.21 Å². The number of nitrogens with zero attached hydrogens (tertiary/aromatic N) is 1. The van der Waals surface area contributed by atoms with E-state index >= 15 is 0 Å². The average molecular weight is 809 g/mol. The molecule has 0 aliphatic heterocycles. The van der Waals surface area contributed by atoms with E-state index in [1.807, 2.05) is 0 Å². The zero-order chi connectivity index (χ0) is 30.3. The second-order valence-electron chi connectivity index (χ2n) is 12.7. The van der Waals surface area contributed by atoms with Gasteiger partial charge in [-0.1, -0.05) is 0 Å². The molecule has 0 amide bonds. The first kappa shape index (κ1) is 42.3. The normalized spacial score (nSPS) is 12.1. The molecule has 0 N–H and O–H groups in total. The van der Waals surface area contributed by atoms with E-state index in [-0.39, 0.29) is 0 Å². The van der Waals surface area contributed by atoms with E-state index in [2.05, 4.69) is 39.8 Å². The summed E-state index contributed by atoms with van der Waals surface area (Å²) in [4.78, 5) is 0. The van der Waals surface area contributed by atoms with Gasteiger partial charge in [0.15, 0.2) is 0 Å². The molecule has 0 aromatic rings. The van der Waals surface area contributed by atoms with E-state index in [1.165, 1.54) is 172 Å². The Morgan fingerprint density at radius 2 is 0.780 bits per heavy atom. The number of unbranched alkanes of at least 4 members (excludes halogenated alkanes) is 20. The van der Waals surface area contributed by atoms with Crippen molar-refractivity contribution in [2.24, 2.45) is 3.21 Å². The van der Waals surface area contributed by atoms with Crippen molar-refractivity contribution in [1.82, 2.24) is 0 Å². The van der Waals surface area contributed by atoms with Gasteiger partial charge in [0, 0.05) is 0 Å². The summed E-state index contributed by atoms with van der Waals surface area (Å²) < 4.78 is 24.6. The molecule has 0 unspecified atom stereocenters. The molecule has 0 spiro atoms. The molecule has 41 heavy (non-hydrogen) atoms. The zero-order valence-corrected chi connectivity index (χ0v) is 35.2. The molecule has 0 aromatic carbocycles. The van der Waals surface area contributed by atoms with Crippen LogP contribution in [0.5, 0.6) is 0 Å². The topological polar surface area (TPSA) is 30.8 Å². The third-order valence-corrected chi connectivity index (χ3v) is 42.4. The Hall–Kier alpha value is 1.32. The Morgan fingerprint density at radius 3 is 1.10 bits per heavy atom. The third kappa shape index (κ3) is 24.3. The molecular formula is C35H73NO2SSn2. The molecule has 0 aromatic heterocycles. The summed E-state index contributed by atoms with van der Waals surface area (Å²) in [5, 5.41) is 2.93. The van der Waals surface area contributed by atoms with Crippen LogP contribution in [0.25, 0.3) is 0 Å². The number of rotatable bonds is 33. The van der Waals surface area contributed by atoms with Crippen LogP contribution in [-0.2, 0) is 4.49 Å². The van der Waals surface area contributed by atoms with Crippen LogP contribution >= 0.6 is 12.2 Å². The van der Waals surface area contributed by atoms with Gasteiger partial charge in [-0.3, -0.25) is 0 Å². The summed E-state index contributed by atoms with van der Waals surface area (Å²) in [7, 11) is 0. The van der Waals surface area contributed by atoms with Crippen molar-refractivity contribution < 1.29 is 4.49 Å². The molecule has 0 aliphatic carbocycles. The van der Waals surface area contributed by atoms with Gasteiger partial charge in [0.2, 0.25) is 0 Å². The van der Waals surface area contributed by atoms with Crippen LogP contribution in [0.4, 0.5) is 0 Å². The molecule has 0 bridgehead atoms. The number of hydrogen-bond donors (Lipinski definition) is 0. The molecule has 244 valence electrons. The maximum absolute atomic E-state index is 7.72. The monoisotopic (exact) mass is 811 g/mol. The fourth-order valence-corrected chi connectivity index (χ4v) is 47.7. The summed E-state index contributed by atoms with van der Waals surface area (Å²) in [6.07, 6.45) is 32.0. The van der Waals surface area contributed by atoms with Crippen LogP contribution in [0.3, 0.4) is 0 Å². The molecular weight excluding hydrogens is 736 g/mol. The zero-order valence-electron chi connectivity index (χ0n) is 28.7. The van der Waals surface area contributed by atoms with E-state index in [0.717, 1.165) is 6.61 Å². The second kappa shape index (κ2) is 31.3. The number of hydrogen-bond acceptors (Lipinski definition) is 4. The van der Waals surface area contributed by atoms with Crippen molar-refractivity contribution in [3.8, 4) is 0 Å². The fourth-order valence-electron chi connectivity index (χ4n) is 6.17. The van der Waals surface area contributed by atoms with Crippen molar-refractivity contribution >= 4 is 55.6 Å². The van der Waals surface area contributed by atoms with E-state index in [9.17, 15) is 0 Å². The van der Waals surface area contributed by atoms with Gasteiger partial charge in [0.05, 0.1) is 0 Å². The predicted molar refractivity (Wildman–Crippen MR) is 192 cm³/mol. The Balaban J connectivity index is 5.74. The molecule has 0 fully saturated rings. The first-order valence-electron chi connectivity index (χ1n) is 18.5. The van der Waals surface area contributed by atoms with E-state index in [1.54, 1.807) is 0 Å². The quantitative estimate of drug-likeness (QED) is 0.0286. The summed E-state index contributed by atoms with van der Waals surface area (Å²) >= 11 is -1.31. The Kier molecular flexibility index (Phi) is 32.3. The second-order valence-corrected chi connectivity index (χ2v) is 35.1. The summed E-state index contributed by atoms with van der Waals surface area (Å²) in [5.74, 6) is 0. The minimum absolute atomic E-state index is 0.805. The summed E-state index contributed by atoms with van der Waals surface area (Å²) in [6.45, 7) is 12.2. The van der Waals surface area contributed by atoms with Gasteiger partial charge in [-0.05, 0) is 0 Å². The van der Waals surface area contributed by atoms with Gasteiger partial charge in [0.25, 0.3) is 0 Å². The third-order valence-electron chi connectivity index (χ3n) is 8.70. The molecule has 3 nitrogen and oxygen atoms in total. The average Bonchev–Trinajstić information content (AvgIpc) is 2.96. The first-order chi connectivity index (χ1) is 20.1. The van der Waals surface area contributed by atoms with Crippen molar-refractivity contribution in [3.63, 3.8) is 0 Å². The van der Waals surface area contributed by atoms with Gasteiger partial charge in [-0.2, -0.15) is 0 Å². The van der Waals surface area contributed by atoms with Gasteiger partial charge in [0.1, 0.15) is 0 Å². The molecule has 0 saturated carbocycles. The van der Waals surface area contributed by atoms with Crippen molar-refractivity contribution in [3.05, 3.63) is 0 Å². The maximum atomic E-state index is 7.72. The Morgan fingerprint density at radius 1 is 0.463 bits per heavy atom. The summed E-state index contributed by atoms with van der Waals surface area (Å²) in [6, 6.07) is 0. The van der Waals surface area contributed by atoms with Gasteiger partial charge >= 0.3 is 276 Å². The van der Waals surface area contributed by atoms with Crippen LogP contribution in [0.1, 0.15) is 189 Å². The first-order valence-corrected chi connectivity index (χ1v) is 31.8. The van der Waals surface area contributed by atoms with E-state index in [0.29, 0.717) is 0 Å². The van der Waals surface area contributed by atoms with Gasteiger partial charge < -0.3 is 0 Å². The Bertz CT molecular complexity index is 569. The fraction of sp³-hybridized carbons (Fsp3) is 0.971. The van der Waals surface area contributed by atoms with Crippen molar-refractivity contribution in [2.45, 2.75) is 206 Å². The summed E-state index contributed by atoms with van der Waals surface area (Å²) in [5.41, 5.74) is 0. The standard InChI is InChI=1S/4C8H17.C2H5O.CNS.O.2Sn/c4*1-3-5-7-8-6-4-2;1-2-3;2-1-3;;;/h4*1,3-8H2,2H3;2H2,1H3;;;;/q;;;;2*-1;;2*+1. The van der Waals surface area contributed by atoms with E-state index in [4.69, 9.17) is 19.9 Å². The molecule has 6 heteroatoms. The molecule has 0 atom stereocenters. The number of isothiocyanates is 1. The molecule has 0 aliphatic rings. The van der Waals surface area contributed by atoms with Gasteiger partial charge in [-0.15, -0.1) is 0 Å². The van der Waals surface area contributed by atoms with Crippen molar-refractivity contribution in [1.29, 1.82) is 0 Å². The van der Waals surface area contributed by atoms with Crippen LogP contribution in [0, 0.1) is 0 Å². The predicted octanol–water partition coefficient (Wildman–Crippen LogP) is 13.5. The van der Waals surface area contributed by atoms with Gasteiger partial charge in [-0.25, -0.2) is 0 Å². The minimum atomic E-state index is -3.35. The molecule has 0 saturated heterocycles. The van der Waals surface area contributed by atoms with E-state index < -0.39 is 38.3 Å². The SMILES string of the molecule is CCCCCCC[CH2][Sn]([CH2]CCCCCCC)([N]=C=S)[O][Sn]([CH2]CCCCCCC)([CH2]CCCCCCC)[O]CC. The number of thiocarbonyl (C=S) groups is 1. The van der Waals surface area contributed by atoms with Crippen LogP contribution in [0.2, 0.25) is 17.7 Å². The molecule has 0 rings (SSSR count). The molecule has 0 heterocycles. The van der Waals surface area contributed by atoms with Crippen molar-refractivity contribution in [2.75, 3.05) is 6.61 Å². The van der Waals surface area contributed by atoms with Crippen LogP contribution < -0.4 is 0 Å². The Labute approximate surface area is 274 Å². The van der Waals surface area contributed by atoms with Crippen LogP contribution in [-0.4, -0.2) is 50.0 Å².